The molecule has 0 aliphatic heterocycles. The molecule has 0 saturated carbocycles. The van der Waals surface area contributed by atoms with Gasteiger partial charge in [0.25, 0.3) is 11.4 Å². The largest absolute Gasteiger partial charge is 0.454 e. The van der Waals surface area contributed by atoms with Crippen LogP contribution in [-0.4, -0.2) is 54.9 Å². The van der Waals surface area contributed by atoms with Gasteiger partial charge < -0.3 is 20.1 Å². The number of nitro benzene ring substituents is 2. The molecule has 32 heavy (non-hydrogen) atoms. The van der Waals surface area contributed by atoms with Crippen molar-refractivity contribution in [3.63, 3.8) is 0 Å². The Morgan fingerprint density at radius 1 is 0.781 bits per heavy atom. The predicted octanol–water partition coefficient (Wildman–Crippen LogP) is 2.17. The smallest absolute Gasteiger partial charge is 0.338 e. The summed E-state index contributed by atoms with van der Waals surface area (Å²) in [5.41, 5.74) is -0.592. The van der Waals surface area contributed by atoms with E-state index in [-0.39, 0.29) is 33.9 Å². The predicted molar refractivity (Wildman–Crippen MR) is 111 cm³/mol. The van der Waals surface area contributed by atoms with E-state index < -0.39 is 40.8 Å². The van der Waals surface area contributed by atoms with Crippen molar-refractivity contribution in [1.29, 1.82) is 0 Å². The average molecular weight is 446 g/mol. The molecule has 0 unspecified atom stereocenters. The standard InChI is InChI=1S/C19H18N4O9/c1-20-14-5-3-11(7-16(14)22(27)28)18(25)31-9-13(24)10-32-19(26)12-4-6-15(21-2)17(8-12)23(29)30/h3-8,20-21H,9-10H2,1-2H3. The molecule has 0 spiro atoms. The topological polar surface area (TPSA) is 180 Å². The first kappa shape index (κ1) is 23.7. The number of rotatable bonds is 10. The fourth-order valence-electron chi connectivity index (χ4n) is 2.54. The van der Waals surface area contributed by atoms with Crippen LogP contribution in [0.1, 0.15) is 20.7 Å². The number of hydrogen-bond acceptors (Lipinski definition) is 11. The van der Waals surface area contributed by atoms with Crippen LogP contribution in [0.4, 0.5) is 22.7 Å². The minimum atomic E-state index is -0.978. The van der Waals surface area contributed by atoms with Crippen molar-refractivity contribution in [2.45, 2.75) is 0 Å². The second-order valence-corrected chi connectivity index (χ2v) is 6.17. The molecule has 0 bridgehead atoms. The maximum Gasteiger partial charge on any atom is 0.338 e. The van der Waals surface area contributed by atoms with Crippen molar-refractivity contribution in [2.75, 3.05) is 37.9 Å². The maximum atomic E-state index is 12.0. The lowest BCUT2D eigenvalue weighted by atomic mass is 10.1. The Hall–Kier alpha value is -4.55. The third kappa shape index (κ3) is 5.75. The van der Waals surface area contributed by atoms with E-state index >= 15 is 0 Å². The highest BCUT2D eigenvalue weighted by atomic mass is 16.6. The zero-order valence-electron chi connectivity index (χ0n) is 16.9. The summed E-state index contributed by atoms with van der Waals surface area (Å²) in [6.45, 7) is -1.49. The Labute approximate surface area is 180 Å². The average Bonchev–Trinajstić information content (AvgIpc) is 2.79. The van der Waals surface area contributed by atoms with E-state index in [0.717, 1.165) is 12.1 Å². The molecule has 0 aromatic heterocycles. The first-order valence-electron chi connectivity index (χ1n) is 8.96. The quantitative estimate of drug-likeness (QED) is 0.310. The van der Waals surface area contributed by atoms with E-state index in [4.69, 9.17) is 9.47 Å². The lowest BCUT2D eigenvalue weighted by Gasteiger charge is -2.08. The van der Waals surface area contributed by atoms with Crippen LogP contribution in [0, 0.1) is 20.2 Å². The summed E-state index contributed by atoms with van der Waals surface area (Å²) in [5, 5.41) is 27.3. The van der Waals surface area contributed by atoms with Crippen molar-refractivity contribution in [2.24, 2.45) is 0 Å². The van der Waals surface area contributed by atoms with Crippen LogP contribution in [0.2, 0.25) is 0 Å². The number of carbonyl (C=O) groups excluding carboxylic acids is 3. The lowest BCUT2D eigenvalue weighted by molar-refractivity contribution is -0.384. The Balaban J connectivity index is 1.94. The molecule has 0 fully saturated rings. The van der Waals surface area contributed by atoms with Gasteiger partial charge in [0.2, 0.25) is 5.78 Å². The second kappa shape index (κ2) is 10.5. The summed E-state index contributed by atoms with van der Waals surface area (Å²) >= 11 is 0. The van der Waals surface area contributed by atoms with Crippen LogP contribution in [0.25, 0.3) is 0 Å². The third-order valence-corrected chi connectivity index (χ3v) is 4.13. The summed E-state index contributed by atoms with van der Waals surface area (Å²) in [5.74, 6) is -2.73. The number of benzene rings is 2. The lowest BCUT2D eigenvalue weighted by Crippen LogP contribution is -2.21. The summed E-state index contributed by atoms with van der Waals surface area (Å²) in [7, 11) is 2.96. The highest BCUT2D eigenvalue weighted by Gasteiger charge is 2.20. The van der Waals surface area contributed by atoms with Crippen molar-refractivity contribution in [1.82, 2.24) is 0 Å². The Bertz CT molecular complexity index is 1000. The molecule has 0 heterocycles. The molecule has 13 nitrogen and oxygen atoms in total. The first-order chi connectivity index (χ1) is 15.2. The highest BCUT2D eigenvalue weighted by molar-refractivity contribution is 5.95. The molecule has 0 aliphatic rings. The van der Waals surface area contributed by atoms with E-state index in [1.165, 1.54) is 38.4 Å². The van der Waals surface area contributed by atoms with E-state index in [1.807, 2.05) is 0 Å². The van der Waals surface area contributed by atoms with Crippen molar-refractivity contribution < 1.29 is 33.7 Å². The minimum Gasteiger partial charge on any atom is -0.454 e. The maximum absolute atomic E-state index is 12.0. The molecular formula is C19H18N4O9. The van der Waals surface area contributed by atoms with Gasteiger partial charge in [-0.05, 0) is 24.3 Å². The van der Waals surface area contributed by atoms with Gasteiger partial charge >= 0.3 is 11.9 Å². The number of hydrogen-bond donors (Lipinski definition) is 2. The van der Waals surface area contributed by atoms with Crippen molar-refractivity contribution in [3.05, 3.63) is 67.8 Å². The van der Waals surface area contributed by atoms with E-state index in [1.54, 1.807) is 0 Å². The van der Waals surface area contributed by atoms with E-state index in [9.17, 15) is 34.6 Å². The van der Waals surface area contributed by atoms with Crippen LogP contribution < -0.4 is 10.6 Å². The number of ether oxygens (including phenoxy) is 2. The summed E-state index contributed by atoms with van der Waals surface area (Å²) in [6, 6.07) is 7.20. The number of Topliss-reactive ketones (excluding diaryl/α,β-unsaturated/α-hetero) is 1. The number of esters is 2. The number of nitro groups is 2. The van der Waals surface area contributed by atoms with Crippen LogP contribution in [0.3, 0.4) is 0 Å². The molecule has 2 aromatic rings. The number of nitrogens with zero attached hydrogens (tertiary/aromatic N) is 2. The van der Waals surface area contributed by atoms with Gasteiger partial charge in [0.05, 0.1) is 21.0 Å². The summed E-state index contributed by atoms with van der Waals surface area (Å²) in [4.78, 5) is 56.7. The minimum absolute atomic E-state index is 0.141. The number of nitrogens with one attached hydrogen (secondary N) is 2. The van der Waals surface area contributed by atoms with Gasteiger partial charge in [-0.2, -0.15) is 0 Å². The third-order valence-electron chi connectivity index (χ3n) is 4.13. The van der Waals surface area contributed by atoms with Gasteiger partial charge in [0, 0.05) is 26.2 Å². The van der Waals surface area contributed by atoms with Gasteiger partial charge in [0.1, 0.15) is 11.4 Å². The van der Waals surface area contributed by atoms with Gasteiger partial charge in [-0.1, -0.05) is 0 Å². The van der Waals surface area contributed by atoms with Crippen LogP contribution in [-0.2, 0) is 14.3 Å². The van der Waals surface area contributed by atoms with Crippen LogP contribution in [0.5, 0.6) is 0 Å². The fourth-order valence-corrected chi connectivity index (χ4v) is 2.54. The molecule has 0 saturated heterocycles. The normalized spacial score (nSPS) is 10.1. The molecule has 0 aliphatic carbocycles. The highest BCUT2D eigenvalue weighted by Crippen LogP contribution is 2.26. The summed E-state index contributed by atoms with van der Waals surface area (Å²) in [6.07, 6.45) is 0. The SMILES string of the molecule is CNc1ccc(C(=O)OCC(=O)COC(=O)c2ccc(NC)c([N+](=O)[O-])c2)cc1[N+](=O)[O-]. The van der Waals surface area contributed by atoms with E-state index in [0.29, 0.717) is 0 Å². The second-order valence-electron chi connectivity index (χ2n) is 6.17. The van der Waals surface area contributed by atoms with Gasteiger partial charge in [-0.15, -0.1) is 0 Å². The monoisotopic (exact) mass is 446 g/mol. The number of carbonyl (C=O) groups is 3. The molecule has 2 rings (SSSR count). The van der Waals surface area contributed by atoms with Gasteiger partial charge in [-0.3, -0.25) is 25.0 Å². The van der Waals surface area contributed by atoms with E-state index in [2.05, 4.69) is 10.6 Å². The number of ketones is 1. The van der Waals surface area contributed by atoms with Crippen molar-refractivity contribution >= 4 is 40.5 Å². The van der Waals surface area contributed by atoms with Crippen LogP contribution in [0.15, 0.2) is 36.4 Å². The molecule has 0 amide bonds. The molecular weight excluding hydrogens is 428 g/mol. The molecule has 2 N–H and O–H groups in total. The Morgan fingerprint density at radius 3 is 1.47 bits per heavy atom. The zero-order chi connectivity index (χ0) is 23.8. The molecule has 0 atom stereocenters. The van der Waals surface area contributed by atoms with Crippen molar-refractivity contribution in [3.8, 4) is 0 Å². The Kier molecular flexibility index (Phi) is 7.76. The van der Waals surface area contributed by atoms with Gasteiger partial charge in [0.15, 0.2) is 13.2 Å². The Morgan fingerprint density at radius 2 is 1.16 bits per heavy atom. The summed E-state index contributed by atoms with van der Waals surface area (Å²) < 4.78 is 9.59. The fraction of sp³-hybridized carbons (Fsp3) is 0.211. The molecule has 2 aromatic carbocycles. The number of anilines is 2. The molecule has 168 valence electrons. The molecule has 0 radical (unpaired) electrons. The zero-order valence-corrected chi connectivity index (χ0v) is 16.9. The van der Waals surface area contributed by atoms with Gasteiger partial charge in [-0.25, -0.2) is 9.59 Å². The first-order valence-corrected chi connectivity index (χ1v) is 8.96. The molecule has 13 heteroatoms. The van der Waals surface area contributed by atoms with Crippen LogP contribution >= 0.6 is 0 Å².